The summed E-state index contributed by atoms with van der Waals surface area (Å²) in [4.78, 5) is 26.5. The topological polar surface area (TPSA) is 65.1 Å². The first kappa shape index (κ1) is 17.6. The average molecular weight is 347 g/mol. The molecule has 0 aromatic heterocycles. The van der Waals surface area contributed by atoms with E-state index in [4.69, 9.17) is 14.2 Å². The van der Waals surface area contributed by atoms with Gasteiger partial charge in [-0.2, -0.15) is 0 Å². The number of benzene rings is 1. The Kier molecular flexibility index (Phi) is 5.46. The number of likely N-dealkylation sites (tertiary alicyclic amines) is 1. The molecule has 2 heterocycles. The van der Waals surface area contributed by atoms with E-state index in [9.17, 15) is 9.59 Å². The van der Waals surface area contributed by atoms with E-state index in [1.807, 2.05) is 30.0 Å². The Hall–Kier alpha value is -2.24. The second-order valence-electron chi connectivity index (χ2n) is 6.54. The predicted molar refractivity (Wildman–Crippen MR) is 91.6 cm³/mol. The Labute approximate surface area is 148 Å². The number of rotatable bonds is 4. The van der Waals surface area contributed by atoms with Crippen molar-refractivity contribution in [3.63, 3.8) is 0 Å². The lowest BCUT2D eigenvalue weighted by molar-refractivity contribution is -0.152. The van der Waals surface area contributed by atoms with Gasteiger partial charge in [0.05, 0.1) is 25.6 Å². The highest BCUT2D eigenvalue weighted by molar-refractivity contribution is 5.80. The number of carbonyl (C=O) groups is 2. The fourth-order valence-electron chi connectivity index (χ4n) is 3.51. The molecule has 136 valence electrons. The van der Waals surface area contributed by atoms with E-state index < -0.39 is 0 Å². The van der Waals surface area contributed by atoms with Crippen LogP contribution in [0.3, 0.4) is 0 Å². The number of piperidine rings is 1. The molecule has 0 unspecified atom stereocenters. The molecule has 0 bridgehead atoms. The van der Waals surface area contributed by atoms with Crippen LogP contribution in [-0.2, 0) is 20.7 Å². The van der Waals surface area contributed by atoms with Gasteiger partial charge in [0.15, 0.2) is 0 Å². The summed E-state index contributed by atoms with van der Waals surface area (Å²) < 4.78 is 16.1. The maximum absolute atomic E-state index is 12.8. The number of hydrogen-bond donors (Lipinski definition) is 0. The molecule has 1 fully saturated rings. The number of nitrogens with zero attached hydrogens (tertiary/aromatic N) is 1. The van der Waals surface area contributed by atoms with Gasteiger partial charge in [0.2, 0.25) is 5.91 Å². The highest BCUT2D eigenvalue weighted by Crippen LogP contribution is 2.32. The van der Waals surface area contributed by atoms with Crippen molar-refractivity contribution in [2.75, 3.05) is 33.4 Å². The largest absolute Gasteiger partial charge is 0.497 e. The normalized spacial score (nSPS) is 20.4. The summed E-state index contributed by atoms with van der Waals surface area (Å²) in [5.74, 6) is 1.29. The Bertz CT molecular complexity index is 637. The molecule has 1 atom stereocenters. The van der Waals surface area contributed by atoms with E-state index in [1.54, 1.807) is 7.11 Å². The number of ether oxygens (including phenoxy) is 3. The molecule has 0 radical (unpaired) electrons. The van der Waals surface area contributed by atoms with Crippen LogP contribution in [-0.4, -0.2) is 50.2 Å². The fourth-order valence-corrected chi connectivity index (χ4v) is 3.51. The second-order valence-corrected chi connectivity index (χ2v) is 6.54. The van der Waals surface area contributed by atoms with Crippen molar-refractivity contribution in [2.24, 2.45) is 11.8 Å². The van der Waals surface area contributed by atoms with Gasteiger partial charge in [0.1, 0.15) is 18.1 Å². The maximum Gasteiger partial charge on any atom is 0.309 e. The highest BCUT2D eigenvalue weighted by Gasteiger charge is 2.33. The zero-order chi connectivity index (χ0) is 17.8. The molecule has 1 aromatic rings. The number of esters is 1. The van der Waals surface area contributed by atoms with Crippen molar-refractivity contribution in [1.29, 1.82) is 0 Å². The van der Waals surface area contributed by atoms with Gasteiger partial charge >= 0.3 is 5.97 Å². The molecule has 0 aliphatic carbocycles. The summed E-state index contributed by atoms with van der Waals surface area (Å²) in [5.41, 5.74) is 1.00. The third-order valence-electron chi connectivity index (χ3n) is 4.95. The number of carbonyl (C=O) groups excluding carboxylic acids is 2. The van der Waals surface area contributed by atoms with Gasteiger partial charge in [-0.25, -0.2) is 0 Å². The second kappa shape index (κ2) is 7.76. The van der Waals surface area contributed by atoms with Gasteiger partial charge in [-0.15, -0.1) is 0 Å². The minimum atomic E-state index is -0.182. The van der Waals surface area contributed by atoms with Crippen molar-refractivity contribution >= 4 is 11.9 Å². The van der Waals surface area contributed by atoms with Crippen LogP contribution in [0.5, 0.6) is 11.5 Å². The molecule has 3 rings (SSSR count). The zero-order valence-electron chi connectivity index (χ0n) is 14.8. The monoisotopic (exact) mass is 347 g/mol. The third kappa shape index (κ3) is 3.89. The van der Waals surface area contributed by atoms with Gasteiger partial charge in [-0.3, -0.25) is 9.59 Å². The van der Waals surface area contributed by atoms with Crippen molar-refractivity contribution in [1.82, 2.24) is 4.90 Å². The predicted octanol–water partition coefficient (Wildman–Crippen LogP) is 2.05. The van der Waals surface area contributed by atoms with Gasteiger partial charge in [0.25, 0.3) is 0 Å². The quantitative estimate of drug-likeness (QED) is 0.780. The SMILES string of the molecule is CCOC(=O)C1CCN(C(=O)[C@@H]2COc3ccc(OC)cc3C2)CC1. The third-order valence-corrected chi connectivity index (χ3v) is 4.95. The van der Waals surface area contributed by atoms with E-state index in [1.165, 1.54) is 0 Å². The van der Waals surface area contributed by atoms with Crippen molar-refractivity contribution in [3.8, 4) is 11.5 Å². The van der Waals surface area contributed by atoms with Crippen LogP contribution in [0.2, 0.25) is 0 Å². The first-order chi connectivity index (χ1) is 12.1. The lowest BCUT2D eigenvalue weighted by Gasteiger charge is -2.34. The number of methoxy groups -OCH3 is 1. The van der Waals surface area contributed by atoms with Gasteiger partial charge in [-0.1, -0.05) is 0 Å². The lowest BCUT2D eigenvalue weighted by Crippen LogP contribution is -2.45. The molecule has 2 aliphatic rings. The van der Waals surface area contributed by atoms with E-state index in [2.05, 4.69) is 0 Å². The molecule has 1 aromatic carbocycles. The molecule has 1 amide bonds. The van der Waals surface area contributed by atoms with Crippen LogP contribution in [0.15, 0.2) is 18.2 Å². The smallest absolute Gasteiger partial charge is 0.309 e. The Balaban J connectivity index is 1.58. The summed E-state index contributed by atoms with van der Waals surface area (Å²) in [6.07, 6.45) is 1.99. The Morgan fingerprint density at radius 2 is 2.00 bits per heavy atom. The van der Waals surface area contributed by atoms with Crippen molar-refractivity contribution < 1.29 is 23.8 Å². The summed E-state index contributed by atoms with van der Waals surface area (Å²) in [6.45, 7) is 3.82. The van der Waals surface area contributed by atoms with E-state index in [0.717, 1.165) is 17.1 Å². The average Bonchev–Trinajstić information content (AvgIpc) is 2.66. The van der Waals surface area contributed by atoms with Crippen LogP contribution in [0.4, 0.5) is 0 Å². The van der Waals surface area contributed by atoms with Crippen LogP contribution < -0.4 is 9.47 Å². The van der Waals surface area contributed by atoms with E-state index in [0.29, 0.717) is 45.6 Å². The van der Waals surface area contributed by atoms with Gasteiger partial charge in [-0.05, 0) is 49.9 Å². The molecule has 1 saturated heterocycles. The van der Waals surface area contributed by atoms with E-state index >= 15 is 0 Å². The number of hydrogen-bond acceptors (Lipinski definition) is 5. The van der Waals surface area contributed by atoms with Crippen molar-refractivity contribution in [2.45, 2.75) is 26.2 Å². The van der Waals surface area contributed by atoms with Crippen molar-refractivity contribution in [3.05, 3.63) is 23.8 Å². The van der Waals surface area contributed by atoms with Crippen LogP contribution in [0, 0.1) is 11.8 Å². The fraction of sp³-hybridized carbons (Fsp3) is 0.579. The summed E-state index contributed by atoms with van der Waals surface area (Å²) in [7, 11) is 1.63. The summed E-state index contributed by atoms with van der Waals surface area (Å²) in [6, 6.07) is 5.68. The summed E-state index contributed by atoms with van der Waals surface area (Å²) >= 11 is 0. The number of fused-ring (bicyclic) bond motifs is 1. The first-order valence-corrected chi connectivity index (χ1v) is 8.87. The molecule has 25 heavy (non-hydrogen) atoms. The van der Waals surface area contributed by atoms with E-state index in [-0.39, 0.29) is 23.7 Å². The lowest BCUT2D eigenvalue weighted by atomic mass is 9.92. The minimum absolute atomic E-state index is 0.0865. The Morgan fingerprint density at radius 3 is 2.68 bits per heavy atom. The Morgan fingerprint density at radius 1 is 1.24 bits per heavy atom. The minimum Gasteiger partial charge on any atom is -0.497 e. The van der Waals surface area contributed by atoms with Crippen LogP contribution in [0.1, 0.15) is 25.3 Å². The molecule has 2 aliphatic heterocycles. The van der Waals surface area contributed by atoms with Gasteiger partial charge < -0.3 is 19.1 Å². The molecular weight excluding hydrogens is 322 g/mol. The highest BCUT2D eigenvalue weighted by atomic mass is 16.5. The molecular formula is C19H25NO5. The standard InChI is InChI=1S/C19H25NO5/c1-3-24-19(22)13-6-8-20(9-7-13)18(21)15-10-14-11-16(23-2)4-5-17(14)25-12-15/h4-5,11,13,15H,3,6-10,12H2,1-2H3/t15-/m0/s1. The molecule has 6 heteroatoms. The zero-order valence-corrected chi connectivity index (χ0v) is 14.8. The molecule has 0 saturated carbocycles. The molecule has 0 spiro atoms. The molecule has 0 N–H and O–H groups in total. The van der Waals surface area contributed by atoms with Gasteiger partial charge in [0, 0.05) is 13.1 Å². The first-order valence-electron chi connectivity index (χ1n) is 8.87. The van der Waals surface area contributed by atoms with Crippen LogP contribution in [0.25, 0.3) is 0 Å². The number of amides is 1. The molecule has 6 nitrogen and oxygen atoms in total. The summed E-state index contributed by atoms with van der Waals surface area (Å²) in [5, 5.41) is 0. The van der Waals surface area contributed by atoms with Crippen LogP contribution >= 0.6 is 0 Å². The maximum atomic E-state index is 12.8.